The number of rotatable bonds is 22. The molecule has 4 rings (SSSR count). The van der Waals surface area contributed by atoms with Crippen molar-refractivity contribution in [2.75, 3.05) is 45.0 Å². The molecule has 3 heterocycles. The van der Waals surface area contributed by atoms with E-state index in [-0.39, 0.29) is 74.1 Å². The molecule has 11 N–H and O–H groups in total. The number of fused-ring (bicyclic) bond motifs is 1. The van der Waals surface area contributed by atoms with Crippen LogP contribution in [0.4, 0.5) is 10.6 Å². The zero-order valence-corrected chi connectivity index (χ0v) is 34.0. The summed E-state index contributed by atoms with van der Waals surface area (Å²) in [5.74, 6) is -6.08. The first-order valence-corrected chi connectivity index (χ1v) is 19.1. The van der Waals surface area contributed by atoms with E-state index in [1.54, 1.807) is 30.3 Å². The molecule has 0 saturated heterocycles. The molecule has 336 valence electrons. The van der Waals surface area contributed by atoms with Crippen LogP contribution in [0.2, 0.25) is 0 Å². The van der Waals surface area contributed by atoms with E-state index < -0.39 is 91.5 Å². The summed E-state index contributed by atoms with van der Waals surface area (Å²) in [7, 11) is 0. The lowest BCUT2D eigenvalue weighted by Gasteiger charge is -2.27. The van der Waals surface area contributed by atoms with E-state index in [0.717, 1.165) is 22.0 Å². The molecule has 4 aromatic rings. The number of imide groups is 1. The Morgan fingerprint density at radius 2 is 1.65 bits per heavy atom. The molecule has 26 nitrogen and oxygen atoms in total. The highest BCUT2D eigenvalue weighted by Gasteiger charge is 2.29. The summed E-state index contributed by atoms with van der Waals surface area (Å²) in [6, 6.07) is 7.52. The van der Waals surface area contributed by atoms with Gasteiger partial charge in [0, 0.05) is 44.4 Å². The van der Waals surface area contributed by atoms with Gasteiger partial charge < -0.3 is 52.5 Å². The number of nitrogen functional groups attached to an aromatic ring is 1. The molecule has 3 aromatic heterocycles. The Bertz CT molecular complexity index is 2450. The number of aryl methyl sites for hydroxylation is 1. The van der Waals surface area contributed by atoms with Crippen molar-refractivity contribution < 1.29 is 43.4 Å². The molecule has 6 amide bonds. The smallest absolute Gasteiger partial charge is 0.407 e. The van der Waals surface area contributed by atoms with Gasteiger partial charge in [-0.3, -0.25) is 48.2 Å². The molecule has 0 aliphatic rings. The molecular formula is C37H47N15O11. The summed E-state index contributed by atoms with van der Waals surface area (Å²) in [5.41, 5.74) is 15.9. The highest BCUT2D eigenvalue weighted by molar-refractivity contribution is 6.00. The zero-order valence-electron chi connectivity index (χ0n) is 34.0. The molecule has 0 bridgehead atoms. The maximum Gasteiger partial charge on any atom is 0.407 e. The van der Waals surface area contributed by atoms with Crippen molar-refractivity contribution in [2.45, 2.75) is 51.9 Å². The number of H-pyrrole nitrogens is 1. The third kappa shape index (κ3) is 14.8. The zero-order chi connectivity index (χ0) is 46.1. The van der Waals surface area contributed by atoms with Crippen LogP contribution in [0.15, 0.2) is 63.8 Å². The second-order valence-electron chi connectivity index (χ2n) is 13.7. The maximum absolute atomic E-state index is 14.0. The van der Waals surface area contributed by atoms with E-state index in [0.29, 0.717) is 10.5 Å². The van der Waals surface area contributed by atoms with Gasteiger partial charge in [-0.15, -0.1) is 0 Å². The Hall–Kier alpha value is -8.19. The number of nitrogens with one attached hydrogen (secondary N) is 4. The lowest BCUT2D eigenvalue weighted by atomic mass is 10.1. The van der Waals surface area contributed by atoms with Crippen molar-refractivity contribution in [3.05, 3.63) is 81.1 Å². The van der Waals surface area contributed by atoms with E-state index in [4.69, 9.17) is 21.9 Å². The van der Waals surface area contributed by atoms with Crippen molar-refractivity contribution in [1.29, 1.82) is 0 Å². The minimum absolute atomic E-state index is 0.00283. The number of carbonyl (C=O) groups is 7. The molecule has 26 heteroatoms. The number of imidazole rings is 1. The van der Waals surface area contributed by atoms with Gasteiger partial charge in [0.1, 0.15) is 50.7 Å². The van der Waals surface area contributed by atoms with Crippen LogP contribution in [0.1, 0.15) is 30.4 Å². The number of hydrogen-bond donors (Lipinski definition) is 8. The molecule has 1 aromatic carbocycles. The summed E-state index contributed by atoms with van der Waals surface area (Å²) in [5, 5.41) is 16.7. The molecule has 0 radical (unpaired) electrons. The number of ether oxygens (including phenoxy) is 1. The predicted octanol–water partition coefficient (Wildman–Crippen LogP) is -3.49. The van der Waals surface area contributed by atoms with E-state index in [9.17, 15) is 48.3 Å². The van der Waals surface area contributed by atoms with E-state index in [2.05, 4.69) is 35.9 Å². The number of nitrogens with zero attached hydrogens (tertiary/aromatic N) is 8. The van der Waals surface area contributed by atoms with Crippen molar-refractivity contribution in [3.63, 3.8) is 0 Å². The highest BCUT2D eigenvalue weighted by atomic mass is 16.5. The average Bonchev–Trinajstić information content (AvgIpc) is 3.65. The van der Waals surface area contributed by atoms with Crippen LogP contribution in [0.5, 0.6) is 0 Å². The number of hydrogen-bond acceptors (Lipinski definition) is 15. The largest absolute Gasteiger partial charge is 0.480 e. The second-order valence-corrected chi connectivity index (χ2v) is 13.7. The molecule has 0 unspecified atom stereocenters. The van der Waals surface area contributed by atoms with E-state index in [1.165, 1.54) is 17.8 Å². The first kappa shape index (κ1) is 47.5. The maximum atomic E-state index is 14.0. The molecule has 1 atom stereocenters. The quantitative estimate of drug-likeness (QED) is 0.0216. The summed E-state index contributed by atoms with van der Waals surface area (Å²) in [6.45, 7) is -2.57. The first-order chi connectivity index (χ1) is 30.0. The molecule has 0 aliphatic heterocycles. The number of alkyl carbamates (subject to hydrolysis) is 1. The van der Waals surface area contributed by atoms with Gasteiger partial charge in [-0.2, -0.15) is 0 Å². The van der Waals surface area contributed by atoms with Crippen LogP contribution >= 0.6 is 0 Å². The van der Waals surface area contributed by atoms with Gasteiger partial charge in [0.05, 0.1) is 6.33 Å². The van der Waals surface area contributed by atoms with Crippen LogP contribution in [0.3, 0.4) is 0 Å². The van der Waals surface area contributed by atoms with Crippen molar-refractivity contribution >= 4 is 64.5 Å². The van der Waals surface area contributed by atoms with Crippen LogP contribution in [-0.2, 0) is 53.2 Å². The van der Waals surface area contributed by atoms with Gasteiger partial charge >= 0.3 is 17.8 Å². The van der Waals surface area contributed by atoms with Crippen molar-refractivity contribution in [3.8, 4) is 0 Å². The van der Waals surface area contributed by atoms with Gasteiger partial charge in [-0.1, -0.05) is 30.3 Å². The number of aromatic nitrogens is 6. The number of carboxylic acid groups (broad SMARTS) is 1. The minimum atomic E-state index is -1.31. The van der Waals surface area contributed by atoms with E-state index in [1.807, 2.05) is 4.98 Å². The Balaban J connectivity index is 1.50. The standard InChI is InChI=1S/C37H47N15O11/c1-22-14-50(36(61)48-33(22)58)18-29(57)52(15-26(54)41-11-9-25(53)47-24(34(59)60)8-5-10-42-35(39)40)28(56)17-49(13-12-43-37(62)63-19-23-6-3-2-4-7-23)27(55)16-51-21-46-30-31(38)44-20-45-32(30)51/h2-4,6-7,14,20-21,24H,5,8-13,15-19H2,1H3,(H,41,54)(H,43,62)(H,47,53)(H,59,60)(H2,38,44,45)(H4,39,40,42)(H,48,58,61)/t24-/m0/s1. The van der Waals surface area contributed by atoms with Gasteiger partial charge in [0.2, 0.25) is 29.5 Å². The predicted molar refractivity (Wildman–Crippen MR) is 221 cm³/mol. The van der Waals surface area contributed by atoms with Crippen LogP contribution in [-0.4, -0.2) is 137 Å². The summed E-state index contributed by atoms with van der Waals surface area (Å²) in [6.07, 6.45) is 2.51. The third-order valence-corrected chi connectivity index (χ3v) is 8.93. The van der Waals surface area contributed by atoms with Crippen molar-refractivity contribution in [1.82, 2.24) is 54.8 Å². The SMILES string of the molecule is Cc1cn(CC(=O)N(CC(=O)NCCC(=O)N[C@@H](CCCN=C(N)N)C(=O)O)C(=O)CN(CCNC(=O)OCc2ccccc2)C(=O)Cn2cnc3c(N)ncnc32)c(=O)[nH]c1=O. The number of aliphatic imine (C=N–C) groups is 1. The topological polar surface area (TPSA) is 380 Å². The van der Waals surface area contributed by atoms with Crippen molar-refractivity contribution in [2.24, 2.45) is 16.5 Å². The van der Waals surface area contributed by atoms with Gasteiger partial charge in [0.15, 0.2) is 17.4 Å². The number of anilines is 1. The fourth-order valence-electron chi connectivity index (χ4n) is 5.69. The molecule has 0 fully saturated rings. The summed E-state index contributed by atoms with van der Waals surface area (Å²) in [4.78, 5) is 136. The number of carbonyl (C=O) groups excluding carboxylic acids is 6. The van der Waals surface area contributed by atoms with Gasteiger partial charge in [-0.05, 0) is 25.3 Å². The number of aromatic amines is 1. The lowest BCUT2D eigenvalue weighted by Crippen LogP contribution is -2.52. The van der Waals surface area contributed by atoms with Crippen LogP contribution in [0, 0.1) is 6.92 Å². The van der Waals surface area contributed by atoms with Gasteiger partial charge in [0.25, 0.3) is 5.56 Å². The third-order valence-electron chi connectivity index (χ3n) is 8.93. The summed E-state index contributed by atoms with van der Waals surface area (Å²) < 4.78 is 7.37. The van der Waals surface area contributed by atoms with Crippen LogP contribution in [0.25, 0.3) is 11.2 Å². The number of guanidine groups is 1. The number of aliphatic carboxylic acids is 1. The monoisotopic (exact) mass is 877 g/mol. The minimum Gasteiger partial charge on any atom is -0.480 e. The number of amides is 6. The Morgan fingerprint density at radius 3 is 2.37 bits per heavy atom. The number of benzene rings is 1. The summed E-state index contributed by atoms with van der Waals surface area (Å²) >= 11 is 0. The first-order valence-electron chi connectivity index (χ1n) is 19.1. The number of carboxylic acids is 1. The average molecular weight is 878 g/mol. The molecule has 0 spiro atoms. The Labute approximate surface area is 356 Å². The molecule has 0 aliphatic carbocycles. The Kier molecular flexibility index (Phi) is 17.3. The second kappa shape index (κ2) is 23.0. The Morgan fingerprint density at radius 1 is 0.921 bits per heavy atom. The fourth-order valence-corrected chi connectivity index (χ4v) is 5.69. The molecular weight excluding hydrogens is 831 g/mol. The molecule has 0 saturated carbocycles. The lowest BCUT2D eigenvalue weighted by molar-refractivity contribution is -0.151. The highest BCUT2D eigenvalue weighted by Crippen LogP contribution is 2.14. The van der Waals surface area contributed by atoms with Gasteiger partial charge in [-0.25, -0.2) is 29.3 Å². The van der Waals surface area contributed by atoms with E-state index >= 15 is 0 Å². The number of nitrogens with two attached hydrogens (primary N) is 3. The fraction of sp³-hybridized carbons (Fsp3) is 0.378. The molecule has 63 heavy (non-hydrogen) atoms. The van der Waals surface area contributed by atoms with Crippen LogP contribution < -0.4 is 44.4 Å². The normalized spacial score (nSPS) is 11.2.